The Balaban J connectivity index is 3.48. The van der Waals surface area contributed by atoms with Gasteiger partial charge in [-0.2, -0.15) is 0 Å². The summed E-state index contributed by atoms with van der Waals surface area (Å²) in [5, 5.41) is 22.9. The normalized spacial score (nSPS) is 13.0. The number of aliphatic hydroxyl groups is 2. The Morgan fingerprint density at radius 2 is 0.825 bits per heavy atom. The summed E-state index contributed by atoms with van der Waals surface area (Å²) in [7, 11) is 0. The van der Waals surface area contributed by atoms with E-state index < -0.39 is 12.1 Å². The average Bonchev–Trinajstić information content (AvgIpc) is 3.21. The van der Waals surface area contributed by atoms with E-state index in [1.165, 1.54) is 167 Å². The first-order valence-corrected chi connectivity index (χ1v) is 24.8. The van der Waals surface area contributed by atoms with E-state index in [0.29, 0.717) is 19.4 Å². The summed E-state index contributed by atoms with van der Waals surface area (Å²) in [4.78, 5) is 24.4. The highest BCUT2D eigenvalue weighted by molar-refractivity contribution is 5.76. The predicted octanol–water partition coefficient (Wildman–Crippen LogP) is 14.5. The van der Waals surface area contributed by atoms with Crippen molar-refractivity contribution in [3.05, 3.63) is 36.5 Å². The van der Waals surface area contributed by atoms with Crippen molar-refractivity contribution in [1.29, 1.82) is 0 Å². The molecule has 0 fully saturated rings. The molecule has 0 aromatic carbocycles. The van der Waals surface area contributed by atoms with Gasteiger partial charge in [-0.25, -0.2) is 0 Å². The van der Waals surface area contributed by atoms with Crippen molar-refractivity contribution in [2.45, 2.75) is 264 Å². The van der Waals surface area contributed by atoms with Crippen molar-refractivity contribution in [3.8, 4) is 0 Å². The number of aliphatic hydroxyl groups excluding tert-OH is 2. The summed E-state index contributed by atoms with van der Waals surface area (Å²) in [6, 6.07) is -0.635. The predicted molar refractivity (Wildman–Crippen MR) is 246 cm³/mol. The number of rotatable bonds is 45. The number of allylic oxidation sites excluding steroid dienone is 5. The second-order valence-corrected chi connectivity index (χ2v) is 16.8. The van der Waals surface area contributed by atoms with Crippen molar-refractivity contribution in [2.24, 2.45) is 0 Å². The number of esters is 1. The lowest BCUT2D eigenvalue weighted by Crippen LogP contribution is -2.45. The number of nitrogens with one attached hydrogen (secondary N) is 1. The van der Waals surface area contributed by atoms with Gasteiger partial charge in [0, 0.05) is 12.8 Å². The van der Waals surface area contributed by atoms with Crippen LogP contribution in [0.2, 0.25) is 0 Å². The van der Waals surface area contributed by atoms with Gasteiger partial charge in [-0.05, 0) is 83.5 Å². The highest BCUT2D eigenvalue weighted by Crippen LogP contribution is 2.14. The Labute approximate surface area is 353 Å². The zero-order valence-corrected chi connectivity index (χ0v) is 37.8. The van der Waals surface area contributed by atoms with E-state index in [4.69, 9.17) is 4.74 Å². The molecule has 334 valence electrons. The molecule has 0 aromatic rings. The molecular weight excluding hydrogens is 707 g/mol. The molecule has 6 heteroatoms. The molecule has 0 saturated carbocycles. The maximum absolute atomic E-state index is 12.4. The van der Waals surface area contributed by atoms with Gasteiger partial charge < -0.3 is 20.3 Å². The van der Waals surface area contributed by atoms with Gasteiger partial charge in [-0.1, -0.05) is 192 Å². The van der Waals surface area contributed by atoms with Gasteiger partial charge in [0.25, 0.3) is 0 Å². The van der Waals surface area contributed by atoms with E-state index in [-0.39, 0.29) is 18.5 Å². The van der Waals surface area contributed by atoms with Crippen LogP contribution in [0.25, 0.3) is 0 Å². The van der Waals surface area contributed by atoms with Gasteiger partial charge in [0.05, 0.1) is 25.4 Å². The number of hydrogen-bond acceptors (Lipinski definition) is 5. The maximum Gasteiger partial charge on any atom is 0.305 e. The topological polar surface area (TPSA) is 95.9 Å². The third kappa shape index (κ3) is 43.5. The Morgan fingerprint density at radius 1 is 0.474 bits per heavy atom. The fourth-order valence-electron chi connectivity index (χ4n) is 7.27. The van der Waals surface area contributed by atoms with Crippen molar-refractivity contribution in [1.82, 2.24) is 5.32 Å². The third-order valence-corrected chi connectivity index (χ3v) is 11.1. The molecule has 2 unspecified atom stereocenters. The summed E-state index contributed by atoms with van der Waals surface area (Å²) in [6.07, 6.45) is 55.7. The van der Waals surface area contributed by atoms with E-state index in [9.17, 15) is 19.8 Å². The van der Waals surface area contributed by atoms with Crippen LogP contribution in [-0.4, -0.2) is 47.4 Å². The van der Waals surface area contributed by atoms with Crippen LogP contribution in [0.3, 0.4) is 0 Å². The maximum atomic E-state index is 12.4. The molecule has 0 aliphatic carbocycles. The summed E-state index contributed by atoms with van der Waals surface area (Å²) < 4.78 is 5.44. The number of carbonyl (C=O) groups excluding carboxylic acids is 2. The quantitative estimate of drug-likeness (QED) is 0.0324. The summed E-state index contributed by atoms with van der Waals surface area (Å²) in [5.74, 6) is -0.0965. The second kappa shape index (κ2) is 46.8. The minimum absolute atomic E-state index is 0.0131. The van der Waals surface area contributed by atoms with E-state index in [1.54, 1.807) is 6.08 Å². The fraction of sp³-hybridized carbons (Fsp3) is 0.843. The van der Waals surface area contributed by atoms with Crippen molar-refractivity contribution < 1.29 is 24.5 Å². The summed E-state index contributed by atoms with van der Waals surface area (Å²) in [6.45, 7) is 4.83. The number of hydrogen-bond donors (Lipinski definition) is 3. The zero-order chi connectivity index (χ0) is 41.5. The van der Waals surface area contributed by atoms with Crippen LogP contribution in [0.4, 0.5) is 0 Å². The number of unbranched alkanes of at least 4 members (excludes halogenated alkanes) is 30. The molecule has 1 amide bonds. The molecule has 0 spiro atoms. The molecule has 0 heterocycles. The van der Waals surface area contributed by atoms with E-state index >= 15 is 0 Å². The summed E-state index contributed by atoms with van der Waals surface area (Å²) >= 11 is 0. The van der Waals surface area contributed by atoms with Crippen LogP contribution in [0.15, 0.2) is 36.5 Å². The molecule has 0 saturated heterocycles. The van der Waals surface area contributed by atoms with Crippen LogP contribution in [0.1, 0.15) is 251 Å². The van der Waals surface area contributed by atoms with Crippen LogP contribution >= 0.6 is 0 Å². The third-order valence-electron chi connectivity index (χ3n) is 11.1. The van der Waals surface area contributed by atoms with E-state index in [2.05, 4.69) is 43.5 Å². The SMILES string of the molecule is CCCCCC/C=C\CCCCCCCC(=O)OCCCCCCCC/C=C\CCCCCCCCCC(=O)NC(CO)C(O)/C=C/CCCCCCCCCC. The summed E-state index contributed by atoms with van der Waals surface area (Å²) in [5.41, 5.74) is 0. The standard InChI is InChI=1S/C51H95NO5/c1-3-5-7-9-11-13-15-21-25-29-33-37-41-45-51(56)57-46-42-38-34-30-26-23-20-18-16-17-19-22-24-28-32-36-40-44-50(55)52-48(47-53)49(54)43-39-35-31-27-14-12-10-8-6-4-2/h13,15-16,18,39,43,48-49,53-54H,3-12,14,17,19-38,40-42,44-47H2,1-2H3,(H,52,55)/b15-13-,18-16-,43-39+. The Morgan fingerprint density at radius 3 is 1.26 bits per heavy atom. The molecular formula is C51H95NO5. The zero-order valence-electron chi connectivity index (χ0n) is 37.8. The largest absolute Gasteiger partial charge is 0.466 e. The van der Waals surface area contributed by atoms with Crippen LogP contribution < -0.4 is 5.32 Å². The van der Waals surface area contributed by atoms with Crippen LogP contribution in [0, 0.1) is 0 Å². The van der Waals surface area contributed by atoms with Gasteiger partial charge in [0.1, 0.15) is 0 Å². The van der Waals surface area contributed by atoms with Gasteiger partial charge in [-0.15, -0.1) is 0 Å². The van der Waals surface area contributed by atoms with Gasteiger partial charge in [0.15, 0.2) is 0 Å². The van der Waals surface area contributed by atoms with Gasteiger partial charge in [-0.3, -0.25) is 9.59 Å². The second-order valence-electron chi connectivity index (χ2n) is 16.8. The fourth-order valence-corrected chi connectivity index (χ4v) is 7.27. The molecule has 0 radical (unpaired) electrons. The molecule has 57 heavy (non-hydrogen) atoms. The highest BCUT2D eigenvalue weighted by atomic mass is 16.5. The molecule has 0 aliphatic heterocycles. The minimum atomic E-state index is -0.850. The first kappa shape index (κ1) is 55.1. The lowest BCUT2D eigenvalue weighted by atomic mass is 10.1. The molecule has 0 aromatic heterocycles. The van der Waals surface area contributed by atoms with Gasteiger partial charge >= 0.3 is 5.97 Å². The Bertz CT molecular complexity index is 931. The van der Waals surface area contributed by atoms with E-state index in [0.717, 1.165) is 57.8 Å². The van der Waals surface area contributed by atoms with Crippen LogP contribution in [-0.2, 0) is 14.3 Å². The molecule has 0 rings (SSSR count). The lowest BCUT2D eigenvalue weighted by molar-refractivity contribution is -0.143. The molecule has 3 N–H and O–H groups in total. The average molecular weight is 802 g/mol. The lowest BCUT2D eigenvalue weighted by Gasteiger charge is -2.20. The first-order chi connectivity index (χ1) is 28.0. The Hall–Kier alpha value is -1.92. The monoisotopic (exact) mass is 802 g/mol. The van der Waals surface area contributed by atoms with Crippen molar-refractivity contribution in [3.63, 3.8) is 0 Å². The molecule has 0 bridgehead atoms. The number of ether oxygens (including phenoxy) is 1. The van der Waals surface area contributed by atoms with Gasteiger partial charge in [0.2, 0.25) is 5.91 Å². The Kier molecular flexibility index (Phi) is 45.2. The molecule has 2 atom stereocenters. The minimum Gasteiger partial charge on any atom is -0.466 e. The van der Waals surface area contributed by atoms with Crippen molar-refractivity contribution >= 4 is 11.9 Å². The smallest absolute Gasteiger partial charge is 0.305 e. The number of amides is 1. The molecule has 6 nitrogen and oxygen atoms in total. The molecule has 0 aliphatic rings. The van der Waals surface area contributed by atoms with Crippen LogP contribution in [0.5, 0.6) is 0 Å². The van der Waals surface area contributed by atoms with Crippen molar-refractivity contribution in [2.75, 3.05) is 13.2 Å². The highest BCUT2D eigenvalue weighted by Gasteiger charge is 2.18. The first-order valence-electron chi connectivity index (χ1n) is 24.8. The number of carbonyl (C=O) groups is 2. The van der Waals surface area contributed by atoms with E-state index in [1.807, 2.05) is 6.08 Å².